The monoisotopic (exact) mass is 521 g/mol. The molecule has 7 heteroatoms. The Morgan fingerprint density at radius 2 is 2.03 bits per heavy atom. The van der Waals surface area contributed by atoms with Crippen molar-refractivity contribution >= 4 is 35.8 Å². The standard InChI is InChI=1S/C23H31N5O.HI/c1-18-16-28(12-13-29-18)21-14-19(8-11-25-21)15-26-22(24-2)27-17-23(9-10-23)20-6-4-3-5-7-20;/h3-8,11,14,18H,9-10,12-13,15-17H2,1-2H3,(H2,24,26,27);1H. The molecule has 1 aliphatic carbocycles. The van der Waals surface area contributed by atoms with Crippen LogP contribution in [0.2, 0.25) is 0 Å². The van der Waals surface area contributed by atoms with E-state index in [0.717, 1.165) is 38.0 Å². The smallest absolute Gasteiger partial charge is 0.191 e. The fourth-order valence-corrected chi connectivity index (χ4v) is 3.94. The molecule has 1 unspecified atom stereocenters. The summed E-state index contributed by atoms with van der Waals surface area (Å²) >= 11 is 0. The molecule has 0 bridgehead atoms. The number of guanidine groups is 1. The lowest BCUT2D eigenvalue weighted by Gasteiger charge is -2.32. The van der Waals surface area contributed by atoms with E-state index >= 15 is 0 Å². The lowest BCUT2D eigenvalue weighted by atomic mass is 9.96. The number of benzene rings is 1. The molecule has 0 spiro atoms. The molecular formula is C23H32IN5O. The predicted octanol–water partition coefficient (Wildman–Crippen LogP) is 3.32. The first-order valence-corrected chi connectivity index (χ1v) is 10.5. The average Bonchev–Trinajstić information content (AvgIpc) is 3.56. The molecule has 1 aromatic carbocycles. The quantitative estimate of drug-likeness (QED) is 0.347. The molecule has 6 nitrogen and oxygen atoms in total. The van der Waals surface area contributed by atoms with Crippen LogP contribution in [0.4, 0.5) is 5.82 Å². The van der Waals surface area contributed by atoms with Gasteiger partial charge in [-0.25, -0.2) is 4.98 Å². The van der Waals surface area contributed by atoms with Crippen LogP contribution in [0.1, 0.15) is 30.9 Å². The SMILES string of the molecule is CN=C(NCc1ccnc(N2CCOC(C)C2)c1)NCC1(c2ccccc2)CC1.I. The number of aliphatic imine (C=N–C) groups is 1. The van der Waals surface area contributed by atoms with E-state index in [-0.39, 0.29) is 35.5 Å². The minimum Gasteiger partial charge on any atom is -0.375 e. The highest BCUT2D eigenvalue weighted by Gasteiger charge is 2.43. The van der Waals surface area contributed by atoms with Crippen LogP contribution in [0.3, 0.4) is 0 Å². The van der Waals surface area contributed by atoms with Gasteiger partial charge < -0.3 is 20.3 Å². The maximum Gasteiger partial charge on any atom is 0.191 e. The molecule has 4 rings (SSSR count). The van der Waals surface area contributed by atoms with Gasteiger partial charge in [0.05, 0.1) is 12.7 Å². The first kappa shape index (κ1) is 22.8. The van der Waals surface area contributed by atoms with E-state index in [0.29, 0.717) is 6.54 Å². The predicted molar refractivity (Wildman–Crippen MR) is 133 cm³/mol. The third-order valence-corrected chi connectivity index (χ3v) is 5.89. The number of hydrogen-bond acceptors (Lipinski definition) is 4. The van der Waals surface area contributed by atoms with Crippen LogP contribution in [-0.4, -0.2) is 50.3 Å². The van der Waals surface area contributed by atoms with Crippen LogP contribution in [0.25, 0.3) is 0 Å². The van der Waals surface area contributed by atoms with E-state index in [2.05, 4.69) is 74.9 Å². The van der Waals surface area contributed by atoms with Crippen molar-refractivity contribution in [2.45, 2.75) is 37.8 Å². The summed E-state index contributed by atoms with van der Waals surface area (Å²) in [5.74, 6) is 1.86. The Morgan fingerprint density at radius 3 is 2.73 bits per heavy atom. The maximum atomic E-state index is 5.64. The number of aromatic nitrogens is 1. The van der Waals surface area contributed by atoms with E-state index in [1.165, 1.54) is 24.0 Å². The van der Waals surface area contributed by atoms with Crippen LogP contribution >= 0.6 is 24.0 Å². The van der Waals surface area contributed by atoms with Crippen LogP contribution in [0.15, 0.2) is 53.7 Å². The van der Waals surface area contributed by atoms with E-state index in [4.69, 9.17) is 4.74 Å². The molecule has 1 saturated heterocycles. The highest BCUT2D eigenvalue weighted by atomic mass is 127. The summed E-state index contributed by atoms with van der Waals surface area (Å²) < 4.78 is 5.64. The van der Waals surface area contributed by atoms with Crippen LogP contribution in [0.5, 0.6) is 0 Å². The fraction of sp³-hybridized carbons (Fsp3) is 0.478. The van der Waals surface area contributed by atoms with Gasteiger partial charge in [0.1, 0.15) is 5.82 Å². The number of anilines is 1. The van der Waals surface area contributed by atoms with Gasteiger partial charge in [-0.05, 0) is 43.0 Å². The normalized spacial score (nSPS) is 20.3. The molecule has 1 atom stereocenters. The minimum atomic E-state index is 0. The number of nitrogens with zero attached hydrogens (tertiary/aromatic N) is 3. The van der Waals surface area contributed by atoms with E-state index in [9.17, 15) is 0 Å². The Kier molecular flexibility index (Phi) is 7.93. The van der Waals surface area contributed by atoms with Gasteiger partial charge in [0.15, 0.2) is 5.96 Å². The molecule has 2 heterocycles. The number of halogens is 1. The van der Waals surface area contributed by atoms with Crippen molar-refractivity contribution in [1.82, 2.24) is 15.6 Å². The second-order valence-electron chi connectivity index (χ2n) is 8.08. The maximum absolute atomic E-state index is 5.64. The zero-order chi connectivity index (χ0) is 20.1. The molecule has 30 heavy (non-hydrogen) atoms. The number of ether oxygens (including phenoxy) is 1. The van der Waals surface area contributed by atoms with Crippen molar-refractivity contribution in [3.05, 3.63) is 59.8 Å². The minimum absolute atomic E-state index is 0. The second kappa shape index (κ2) is 10.4. The number of nitrogens with one attached hydrogen (secondary N) is 2. The molecule has 1 saturated carbocycles. The number of rotatable bonds is 6. The molecule has 1 aliphatic heterocycles. The Balaban J connectivity index is 0.00000256. The number of hydrogen-bond donors (Lipinski definition) is 2. The summed E-state index contributed by atoms with van der Waals surface area (Å²) in [7, 11) is 1.82. The Hall–Kier alpha value is -1.87. The van der Waals surface area contributed by atoms with Gasteiger partial charge in [0.25, 0.3) is 0 Å². The fourth-order valence-electron chi connectivity index (χ4n) is 3.94. The molecule has 2 N–H and O–H groups in total. The van der Waals surface area contributed by atoms with Gasteiger partial charge in [-0.1, -0.05) is 30.3 Å². The summed E-state index contributed by atoms with van der Waals surface area (Å²) in [4.78, 5) is 11.2. The molecular weight excluding hydrogens is 489 g/mol. The second-order valence-corrected chi connectivity index (χ2v) is 8.08. The average molecular weight is 521 g/mol. The van der Waals surface area contributed by atoms with Gasteiger partial charge in [-0.2, -0.15) is 0 Å². The summed E-state index contributed by atoms with van der Waals surface area (Å²) in [6.07, 6.45) is 4.59. The largest absolute Gasteiger partial charge is 0.375 e. The van der Waals surface area contributed by atoms with E-state index in [1.54, 1.807) is 0 Å². The Labute approximate surface area is 196 Å². The lowest BCUT2D eigenvalue weighted by Crippen LogP contribution is -2.42. The van der Waals surface area contributed by atoms with Crippen molar-refractivity contribution in [2.24, 2.45) is 4.99 Å². The van der Waals surface area contributed by atoms with Crippen molar-refractivity contribution in [1.29, 1.82) is 0 Å². The summed E-state index contributed by atoms with van der Waals surface area (Å²) in [6.45, 7) is 6.26. The van der Waals surface area contributed by atoms with Crippen molar-refractivity contribution in [3.8, 4) is 0 Å². The molecule has 2 aliphatic rings. The molecule has 1 aromatic heterocycles. The summed E-state index contributed by atoms with van der Waals surface area (Å²) in [5.41, 5.74) is 2.87. The molecule has 2 fully saturated rings. The zero-order valence-electron chi connectivity index (χ0n) is 17.8. The van der Waals surface area contributed by atoms with Gasteiger partial charge in [0, 0.05) is 44.8 Å². The van der Waals surface area contributed by atoms with Crippen LogP contribution < -0.4 is 15.5 Å². The first-order valence-electron chi connectivity index (χ1n) is 10.5. The van der Waals surface area contributed by atoms with Gasteiger partial charge in [0.2, 0.25) is 0 Å². The molecule has 0 radical (unpaired) electrons. The lowest BCUT2D eigenvalue weighted by molar-refractivity contribution is 0.0529. The molecule has 162 valence electrons. The van der Waals surface area contributed by atoms with E-state index in [1.807, 2.05) is 13.2 Å². The van der Waals surface area contributed by atoms with Crippen molar-refractivity contribution < 1.29 is 4.74 Å². The van der Waals surface area contributed by atoms with Crippen molar-refractivity contribution in [3.63, 3.8) is 0 Å². The number of pyridine rings is 1. The summed E-state index contributed by atoms with van der Waals surface area (Å²) in [5, 5.41) is 6.97. The van der Waals surface area contributed by atoms with Gasteiger partial charge in [-0.3, -0.25) is 4.99 Å². The van der Waals surface area contributed by atoms with Gasteiger partial charge >= 0.3 is 0 Å². The highest BCUT2D eigenvalue weighted by Crippen LogP contribution is 2.47. The molecule has 0 amide bonds. The highest BCUT2D eigenvalue weighted by molar-refractivity contribution is 14.0. The zero-order valence-corrected chi connectivity index (χ0v) is 20.1. The first-order chi connectivity index (χ1) is 14.2. The van der Waals surface area contributed by atoms with Crippen LogP contribution in [0, 0.1) is 0 Å². The third kappa shape index (κ3) is 5.63. The van der Waals surface area contributed by atoms with E-state index < -0.39 is 0 Å². The topological polar surface area (TPSA) is 61.8 Å². The summed E-state index contributed by atoms with van der Waals surface area (Å²) in [6, 6.07) is 15.0. The van der Waals surface area contributed by atoms with Crippen LogP contribution in [-0.2, 0) is 16.7 Å². The molecule has 2 aromatic rings. The van der Waals surface area contributed by atoms with Crippen molar-refractivity contribution in [2.75, 3.05) is 38.2 Å². The third-order valence-electron chi connectivity index (χ3n) is 5.89. The Bertz CT molecular complexity index is 840. The van der Waals surface area contributed by atoms with Gasteiger partial charge in [-0.15, -0.1) is 24.0 Å². The number of morpholine rings is 1. The Morgan fingerprint density at radius 1 is 1.23 bits per heavy atom.